The van der Waals surface area contributed by atoms with Crippen LogP contribution < -0.4 is 10.6 Å². The van der Waals surface area contributed by atoms with Gasteiger partial charge in [-0.2, -0.15) is 0 Å². The Hall–Kier alpha value is -0.160. The zero-order valence-electron chi connectivity index (χ0n) is 12.8. The van der Waals surface area contributed by atoms with E-state index in [0.29, 0.717) is 17.5 Å². The summed E-state index contributed by atoms with van der Waals surface area (Å²) in [6.45, 7) is 8.21. The maximum absolute atomic E-state index is 5.65. The molecule has 0 amide bonds. The number of hydrogen-bond acceptors (Lipinski definition) is 4. The molecule has 0 bridgehead atoms. The van der Waals surface area contributed by atoms with Crippen molar-refractivity contribution >= 4 is 0 Å². The fraction of sp³-hybridized carbons (Fsp3) is 1.00. The molecule has 3 rings (SSSR count). The lowest BCUT2D eigenvalue weighted by Gasteiger charge is -2.37. The number of morpholine rings is 1. The lowest BCUT2D eigenvalue weighted by Crippen LogP contribution is -2.52. The molecule has 3 fully saturated rings. The van der Waals surface area contributed by atoms with Crippen LogP contribution in [0, 0.1) is 11.3 Å². The van der Waals surface area contributed by atoms with Crippen molar-refractivity contribution in [2.45, 2.75) is 51.1 Å². The monoisotopic (exact) mass is 282 g/mol. The second-order valence-electron chi connectivity index (χ2n) is 7.14. The van der Waals surface area contributed by atoms with Crippen molar-refractivity contribution in [3.8, 4) is 0 Å². The predicted molar refractivity (Wildman–Crippen MR) is 79.9 cm³/mol. The highest BCUT2D eigenvalue weighted by Gasteiger charge is 2.36. The second kappa shape index (κ2) is 6.73. The van der Waals surface area contributed by atoms with E-state index in [2.05, 4.69) is 17.6 Å². The van der Waals surface area contributed by atoms with Gasteiger partial charge in [-0.15, -0.1) is 0 Å². The first-order valence-electron chi connectivity index (χ1n) is 8.39. The van der Waals surface area contributed by atoms with Crippen LogP contribution in [0.25, 0.3) is 0 Å². The molecule has 2 saturated heterocycles. The Labute approximate surface area is 123 Å². The van der Waals surface area contributed by atoms with Gasteiger partial charge in [-0.3, -0.25) is 0 Å². The first-order valence-corrected chi connectivity index (χ1v) is 8.39. The molecule has 0 aromatic rings. The van der Waals surface area contributed by atoms with E-state index in [0.717, 1.165) is 45.4 Å². The van der Waals surface area contributed by atoms with Gasteiger partial charge in [-0.25, -0.2) is 0 Å². The van der Waals surface area contributed by atoms with Crippen molar-refractivity contribution in [3.63, 3.8) is 0 Å². The SMILES string of the molecule is CC1(CNC2CCCC2C2COCCN2)CCOCC1. The van der Waals surface area contributed by atoms with E-state index < -0.39 is 0 Å². The molecule has 20 heavy (non-hydrogen) atoms. The van der Waals surface area contributed by atoms with Crippen molar-refractivity contribution in [1.82, 2.24) is 10.6 Å². The van der Waals surface area contributed by atoms with Crippen LogP contribution in [0.5, 0.6) is 0 Å². The zero-order valence-corrected chi connectivity index (χ0v) is 12.8. The van der Waals surface area contributed by atoms with E-state index in [1.165, 1.54) is 32.1 Å². The van der Waals surface area contributed by atoms with Crippen LogP contribution in [0.3, 0.4) is 0 Å². The van der Waals surface area contributed by atoms with Crippen molar-refractivity contribution in [1.29, 1.82) is 0 Å². The van der Waals surface area contributed by atoms with E-state index in [4.69, 9.17) is 9.47 Å². The highest BCUT2D eigenvalue weighted by atomic mass is 16.5. The number of nitrogens with one attached hydrogen (secondary N) is 2. The third-order valence-corrected chi connectivity index (χ3v) is 5.53. The Kier molecular flexibility index (Phi) is 4.97. The Morgan fingerprint density at radius 3 is 2.75 bits per heavy atom. The number of rotatable bonds is 4. The van der Waals surface area contributed by atoms with Crippen LogP contribution in [0.15, 0.2) is 0 Å². The third kappa shape index (κ3) is 3.53. The van der Waals surface area contributed by atoms with Gasteiger partial charge in [-0.1, -0.05) is 13.3 Å². The fourth-order valence-electron chi connectivity index (χ4n) is 4.00. The van der Waals surface area contributed by atoms with Gasteiger partial charge in [0.15, 0.2) is 0 Å². The summed E-state index contributed by atoms with van der Waals surface area (Å²) < 4.78 is 11.1. The van der Waals surface area contributed by atoms with Gasteiger partial charge >= 0.3 is 0 Å². The molecule has 116 valence electrons. The van der Waals surface area contributed by atoms with E-state index in [1.807, 2.05) is 0 Å². The van der Waals surface area contributed by atoms with Gasteiger partial charge in [-0.05, 0) is 37.0 Å². The van der Waals surface area contributed by atoms with Crippen LogP contribution in [0.2, 0.25) is 0 Å². The Balaban J connectivity index is 1.50. The van der Waals surface area contributed by atoms with Gasteiger partial charge < -0.3 is 20.1 Å². The Bertz CT molecular complexity index is 299. The van der Waals surface area contributed by atoms with Crippen molar-refractivity contribution < 1.29 is 9.47 Å². The van der Waals surface area contributed by atoms with Crippen molar-refractivity contribution in [2.24, 2.45) is 11.3 Å². The minimum atomic E-state index is 0.432. The summed E-state index contributed by atoms with van der Waals surface area (Å²) in [7, 11) is 0. The molecule has 3 unspecified atom stereocenters. The molecule has 0 aromatic carbocycles. The zero-order chi connectivity index (χ0) is 13.8. The van der Waals surface area contributed by atoms with E-state index in [1.54, 1.807) is 0 Å². The quantitative estimate of drug-likeness (QED) is 0.821. The molecule has 0 spiro atoms. The highest BCUT2D eigenvalue weighted by Crippen LogP contribution is 2.32. The van der Waals surface area contributed by atoms with Gasteiger partial charge in [0.25, 0.3) is 0 Å². The summed E-state index contributed by atoms with van der Waals surface area (Å²) in [6.07, 6.45) is 6.43. The molecular formula is C16H30N2O2. The first-order chi connectivity index (χ1) is 9.77. The Morgan fingerprint density at radius 1 is 1.15 bits per heavy atom. The average molecular weight is 282 g/mol. The first kappa shape index (κ1) is 14.8. The van der Waals surface area contributed by atoms with E-state index >= 15 is 0 Å². The summed E-state index contributed by atoms with van der Waals surface area (Å²) >= 11 is 0. The molecule has 2 N–H and O–H groups in total. The normalized spacial score (nSPS) is 38.0. The second-order valence-corrected chi connectivity index (χ2v) is 7.14. The average Bonchev–Trinajstić information content (AvgIpc) is 2.95. The molecule has 2 heterocycles. The molecular weight excluding hydrogens is 252 g/mol. The van der Waals surface area contributed by atoms with Crippen LogP contribution in [-0.2, 0) is 9.47 Å². The molecule has 3 aliphatic rings. The lowest BCUT2D eigenvalue weighted by molar-refractivity contribution is 0.0199. The lowest BCUT2D eigenvalue weighted by atomic mass is 9.82. The minimum absolute atomic E-state index is 0.432. The maximum Gasteiger partial charge on any atom is 0.0623 e. The van der Waals surface area contributed by atoms with Gasteiger partial charge in [0.1, 0.15) is 0 Å². The molecule has 1 saturated carbocycles. The summed E-state index contributed by atoms with van der Waals surface area (Å²) in [5.41, 5.74) is 0.432. The van der Waals surface area contributed by atoms with Crippen molar-refractivity contribution in [2.75, 3.05) is 39.5 Å². The summed E-state index contributed by atoms with van der Waals surface area (Å²) in [5.74, 6) is 0.749. The van der Waals surface area contributed by atoms with Crippen LogP contribution in [0.4, 0.5) is 0 Å². The standard InChI is InChI=1S/C16H30N2O2/c1-16(5-8-19-9-6-16)12-18-14-4-2-3-13(14)15-11-20-10-7-17-15/h13-15,17-18H,2-12H2,1H3. The largest absolute Gasteiger partial charge is 0.381 e. The van der Waals surface area contributed by atoms with Crippen LogP contribution >= 0.6 is 0 Å². The molecule has 4 heteroatoms. The minimum Gasteiger partial charge on any atom is -0.381 e. The number of hydrogen-bond donors (Lipinski definition) is 2. The van der Waals surface area contributed by atoms with E-state index in [9.17, 15) is 0 Å². The van der Waals surface area contributed by atoms with E-state index in [-0.39, 0.29) is 0 Å². The van der Waals surface area contributed by atoms with Gasteiger partial charge in [0.05, 0.1) is 13.2 Å². The fourth-order valence-corrected chi connectivity index (χ4v) is 4.00. The van der Waals surface area contributed by atoms with Gasteiger partial charge in [0, 0.05) is 38.4 Å². The molecule has 3 atom stereocenters. The predicted octanol–water partition coefficient (Wildman–Crippen LogP) is 1.55. The number of ether oxygens (including phenoxy) is 2. The van der Waals surface area contributed by atoms with Crippen LogP contribution in [-0.4, -0.2) is 51.6 Å². The molecule has 1 aliphatic carbocycles. The summed E-state index contributed by atoms with van der Waals surface area (Å²) in [4.78, 5) is 0. The third-order valence-electron chi connectivity index (χ3n) is 5.53. The van der Waals surface area contributed by atoms with Crippen molar-refractivity contribution in [3.05, 3.63) is 0 Å². The summed E-state index contributed by atoms with van der Waals surface area (Å²) in [6, 6.07) is 1.24. The highest BCUT2D eigenvalue weighted by molar-refractivity contribution is 4.93. The maximum atomic E-state index is 5.65. The molecule has 0 aromatic heterocycles. The van der Waals surface area contributed by atoms with Crippen LogP contribution in [0.1, 0.15) is 39.0 Å². The molecule has 2 aliphatic heterocycles. The topological polar surface area (TPSA) is 42.5 Å². The Morgan fingerprint density at radius 2 is 2.00 bits per heavy atom. The van der Waals surface area contributed by atoms with Gasteiger partial charge in [0.2, 0.25) is 0 Å². The smallest absolute Gasteiger partial charge is 0.0623 e. The summed E-state index contributed by atoms with van der Waals surface area (Å²) in [5, 5.41) is 7.54. The molecule has 0 radical (unpaired) electrons. The molecule has 4 nitrogen and oxygen atoms in total.